The molecule has 0 aromatic heterocycles. The molecule has 1 rings (SSSR count). The predicted molar refractivity (Wildman–Crippen MR) is 47.1 cm³/mol. The first-order valence-electron chi connectivity index (χ1n) is 2.61. The summed E-state index contributed by atoms with van der Waals surface area (Å²) in [6.07, 6.45) is 0. The van der Waals surface area contributed by atoms with Crippen LogP contribution in [0, 0.1) is 3.57 Å². The van der Waals surface area contributed by atoms with Crippen LogP contribution in [0.2, 0.25) is 0 Å². The molecule has 0 saturated heterocycles. The third kappa shape index (κ3) is 1.67. The van der Waals surface area contributed by atoms with E-state index in [0.29, 0.717) is 5.30 Å². The number of hydrogen-bond donors (Lipinski definition) is 0. The van der Waals surface area contributed by atoms with Crippen molar-refractivity contribution < 1.29 is 9.13 Å². The van der Waals surface area contributed by atoms with Gasteiger partial charge in [0.2, 0.25) is 0 Å². The van der Waals surface area contributed by atoms with E-state index >= 15 is 0 Å². The van der Waals surface area contributed by atoms with E-state index in [-0.39, 0.29) is 0 Å². The first-order valence-corrected chi connectivity index (χ1v) is 4.86. The van der Waals surface area contributed by atoms with E-state index in [1.807, 2.05) is 28.7 Å². The summed E-state index contributed by atoms with van der Waals surface area (Å²) < 4.78 is 21.7. The van der Waals surface area contributed by atoms with Crippen molar-refractivity contribution in [3.8, 4) is 0 Å². The second-order valence-corrected chi connectivity index (χ2v) is 3.87. The van der Waals surface area contributed by atoms with Gasteiger partial charge < -0.3 is 0 Å². The molecule has 0 N–H and O–H groups in total. The number of hydrogen-bond acceptors (Lipinski definition) is 2. The van der Waals surface area contributed by atoms with Gasteiger partial charge in [0.05, 0.1) is 5.30 Å². The summed E-state index contributed by atoms with van der Waals surface area (Å²) in [5.41, 5.74) is 0. The summed E-state index contributed by atoms with van der Waals surface area (Å²) in [4.78, 5) is 0. The number of rotatable bonds is 1. The zero-order valence-corrected chi connectivity index (χ0v) is 8.00. The Bertz CT molecular complexity index is 298. The molecule has 0 aliphatic rings. The molecule has 1 aromatic carbocycles. The van der Waals surface area contributed by atoms with Crippen LogP contribution in [-0.2, 0) is 9.13 Å². The van der Waals surface area contributed by atoms with E-state index in [4.69, 9.17) is 0 Å². The van der Waals surface area contributed by atoms with Crippen LogP contribution in [-0.4, -0.2) is 0 Å². The van der Waals surface area contributed by atoms with Crippen LogP contribution in [0.4, 0.5) is 0 Å². The summed E-state index contributed by atoms with van der Waals surface area (Å²) in [6.45, 7) is 0. The van der Waals surface area contributed by atoms with Gasteiger partial charge in [-0.05, 0) is 34.7 Å². The molecule has 0 unspecified atom stereocenters. The van der Waals surface area contributed by atoms with Gasteiger partial charge in [0.15, 0.2) is 0 Å². The molecule has 52 valence electrons. The van der Waals surface area contributed by atoms with Gasteiger partial charge in [-0.3, -0.25) is 0 Å². The van der Waals surface area contributed by atoms with Crippen LogP contribution in [0.1, 0.15) is 0 Å². The molecule has 1 aromatic rings. The molecule has 10 heavy (non-hydrogen) atoms. The number of halogens is 1. The quantitative estimate of drug-likeness (QED) is 0.576. The molecule has 0 saturated carbocycles. The average molecular weight is 266 g/mol. The van der Waals surface area contributed by atoms with Gasteiger partial charge in [0, 0.05) is 3.57 Å². The largest absolute Gasteiger partial charge is 0.349 e. The lowest BCUT2D eigenvalue weighted by atomic mass is 10.4. The normalized spacial score (nSPS) is 9.30. The van der Waals surface area contributed by atoms with E-state index < -0.39 is 7.68 Å². The monoisotopic (exact) mass is 266 g/mol. The van der Waals surface area contributed by atoms with Crippen molar-refractivity contribution in [3.63, 3.8) is 0 Å². The van der Waals surface area contributed by atoms with E-state index in [9.17, 15) is 9.13 Å². The topological polar surface area (TPSA) is 34.1 Å². The maximum Gasteiger partial charge on any atom is 0.349 e. The van der Waals surface area contributed by atoms with Crippen LogP contribution < -0.4 is 5.30 Å². The Morgan fingerprint density at radius 1 is 1.20 bits per heavy atom. The van der Waals surface area contributed by atoms with Crippen molar-refractivity contribution in [1.29, 1.82) is 0 Å². The van der Waals surface area contributed by atoms with Gasteiger partial charge in [-0.25, -0.2) is 9.13 Å². The van der Waals surface area contributed by atoms with Crippen molar-refractivity contribution >= 4 is 35.6 Å². The molecule has 0 spiro atoms. The minimum atomic E-state index is -2.42. The van der Waals surface area contributed by atoms with Crippen molar-refractivity contribution in [2.24, 2.45) is 0 Å². The van der Waals surface area contributed by atoms with Crippen molar-refractivity contribution in [1.82, 2.24) is 0 Å². The van der Waals surface area contributed by atoms with E-state index in [0.717, 1.165) is 3.57 Å². The van der Waals surface area contributed by atoms with Gasteiger partial charge in [0.1, 0.15) is 0 Å². The Hall–Kier alpha value is -0.150. The van der Waals surface area contributed by atoms with Gasteiger partial charge in [-0.2, -0.15) is 0 Å². The molecule has 0 amide bonds. The standard InChI is InChI=1S/C6H4IO2P/c7-5-3-1-2-4-6(5)10(8)9/h1-4H. The van der Waals surface area contributed by atoms with Crippen molar-refractivity contribution in [3.05, 3.63) is 27.8 Å². The summed E-state index contributed by atoms with van der Waals surface area (Å²) in [5, 5.41) is 0.401. The van der Waals surface area contributed by atoms with Crippen molar-refractivity contribution in [2.45, 2.75) is 0 Å². The molecular formula is C6H4IO2P. The summed E-state index contributed by atoms with van der Waals surface area (Å²) in [7, 11) is -2.42. The molecule has 2 nitrogen and oxygen atoms in total. The maximum atomic E-state index is 10.5. The predicted octanol–water partition coefficient (Wildman–Crippen LogP) is 2.09. The molecule has 0 atom stereocenters. The molecule has 4 heteroatoms. The number of benzene rings is 1. The molecule has 0 bridgehead atoms. The molecular weight excluding hydrogens is 262 g/mol. The van der Waals surface area contributed by atoms with Gasteiger partial charge >= 0.3 is 7.68 Å². The van der Waals surface area contributed by atoms with Crippen LogP contribution in [0.5, 0.6) is 0 Å². The zero-order chi connectivity index (χ0) is 7.56. The Morgan fingerprint density at radius 3 is 2.20 bits per heavy atom. The first kappa shape index (κ1) is 7.95. The third-order valence-corrected chi connectivity index (χ3v) is 3.20. The van der Waals surface area contributed by atoms with Gasteiger partial charge in [-0.15, -0.1) is 0 Å². The fourth-order valence-corrected chi connectivity index (χ4v) is 2.03. The summed E-state index contributed by atoms with van der Waals surface area (Å²) >= 11 is 1.99. The average Bonchev–Trinajstić information content (AvgIpc) is 1.88. The Kier molecular flexibility index (Phi) is 2.63. The minimum absolute atomic E-state index is 0.401. The third-order valence-electron chi connectivity index (χ3n) is 1.05. The second kappa shape index (κ2) is 3.30. The zero-order valence-electron chi connectivity index (χ0n) is 4.95. The second-order valence-electron chi connectivity index (χ2n) is 1.71. The van der Waals surface area contributed by atoms with E-state index in [1.54, 1.807) is 18.2 Å². The smallest absolute Gasteiger partial charge is 0.232 e. The highest BCUT2D eigenvalue weighted by molar-refractivity contribution is 14.1. The molecule has 0 heterocycles. The molecule has 0 aliphatic carbocycles. The van der Waals surface area contributed by atoms with E-state index in [1.165, 1.54) is 0 Å². The maximum absolute atomic E-state index is 10.5. The van der Waals surface area contributed by atoms with Gasteiger partial charge in [0.25, 0.3) is 0 Å². The lowest BCUT2D eigenvalue weighted by Gasteiger charge is -1.89. The molecule has 0 aliphatic heterocycles. The summed E-state index contributed by atoms with van der Waals surface area (Å²) in [5.74, 6) is 0. The van der Waals surface area contributed by atoms with Gasteiger partial charge in [-0.1, -0.05) is 12.1 Å². The Morgan fingerprint density at radius 2 is 1.80 bits per heavy atom. The Labute approximate surface area is 72.6 Å². The highest BCUT2D eigenvalue weighted by atomic mass is 127. The van der Waals surface area contributed by atoms with Crippen LogP contribution in [0.25, 0.3) is 0 Å². The Balaban J connectivity index is 3.28. The lowest BCUT2D eigenvalue weighted by molar-refractivity contribution is 0.523. The molecule has 0 radical (unpaired) electrons. The fourth-order valence-electron chi connectivity index (χ4n) is 0.600. The highest BCUT2D eigenvalue weighted by Crippen LogP contribution is 2.10. The highest BCUT2D eigenvalue weighted by Gasteiger charge is 2.01. The lowest BCUT2D eigenvalue weighted by Crippen LogP contribution is -1.96. The van der Waals surface area contributed by atoms with Crippen LogP contribution in [0.15, 0.2) is 24.3 Å². The molecule has 0 fully saturated rings. The summed E-state index contributed by atoms with van der Waals surface area (Å²) in [6, 6.07) is 6.88. The SMILES string of the molecule is O=P(=O)c1ccccc1I. The first-order chi connectivity index (χ1) is 4.72. The van der Waals surface area contributed by atoms with Crippen molar-refractivity contribution in [2.75, 3.05) is 0 Å². The van der Waals surface area contributed by atoms with E-state index in [2.05, 4.69) is 0 Å². The fraction of sp³-hybridized carbons (Fsp3) is 0. The minimum Gasteiger partial charge on any atom is -0.232 e. The van der Waals surface area contributed by atoms with Crippen LogP contribution in [0.3, 0.4) is 0 Å². The van der Waals surface area contributed by atoms with Crippen LogP contribution >= 0.6 is 30.3 Å².